The molecule has 0 aromatic carbocycles. The van der Waals surface area contributed by atoms with Crippen LogP contribution in [0.4, 0.5) is 0 Å². The number of nitrogens with zero attached hydrogens (tertiary/aromatic N) is 3. The van der Waals surface area contributed by atoms with Crippen molar-refractivity contribution in [1.29, 1.82) is 5.26 Å². The Kier molecular flexibility index (Phi) is 3.51. The van der Waals surface area contributed by atoms with Crippen molar-refractivity contribution in [3.63, 3.8) is 0 Å². The fraction of sp³-hybridized carbons (Fsp3) is 0.308. The van der Waals surface area contributed by atoms with Gasteiger partial charge in [-0.15, -0.1) is 0 Å². The largest absolute Gasteiger partial charge is 0.306 e. The van der Waals surface area contributed by atoms with Crippen molar-refractivity contribution < 1.29 is 4.79 Å². The molecule has 1 aromatic rings. The fourth-order valence-corrected chi connectivity index (χ4v) is 1.85. The highest BCUT2D eigenvalue weighted by Gasteiger charge is 2.12. The summed E-state index contributed by atoms with van der Waals surface area (Å²) in [7, 11) is 0. The van der Waals surface area contributed by atoms with Crippen molar-refractivity contribution in [2.24, 2.45) is 0 Å². The molecule has 2 rings (SSSR count). The van der Waals surface area contributed by atoms with Crippen LogP contribution in [0.15, 0.2) is 24.4 Å². The lowest BCUT2D eigenvalue weighted by Gasteiger charge is -2.21. The number of hydrogen-bond donors (Lipinski definition) is 0. The van der Waals surface area contributed by atoms with Crippen LogP contribution in [0, 0.1) is 11.5 Å². The predicted octanol–water partition coefficient (Wildman–Crippen LogP) is 1.39. The molecule has 0 N–H and O–H groups in total. The molecule has 0 saturated carbocycles. The first-order valence-corrected chi connectivity index (χ1v) is 5.56. The van der Waals surface area contributed by atoms with Gasteiger partial charge in [-0.2, -0.15) is 5.26 Å². The highest BCUT2D eigenvalue weighted by atomic mass is 16.1. The van der Waals surface area contributed by atoms with E-state index in [1.807, 2.05) is 12.1 Å². The number of aldehydes is 1. The van der Waals surface area contributed by atoms with Crippen molar-refractivity contribution in [3.8, 4) is 6.19 Å². The molecule has 0 bridgehead atoms. The monoisotopic (exact) mass is 227 g/mol. The fourth-order valence-electron chi connectivity index (χ4n) is 1.85. The third-order valence-corrected chi connectivity index (χ3v) is 2.77. The molecule has 4 nitrogen and oxygen atoms in total. The third kappa shape index (κ3) is 2.70. The Morgan fingerprint density at radius 3 is 3.06 bits per heavy atom. The van der Waals surface area contributed by atoms with E-state index in [9.17, 15) is 4.79 Å². The van der Waals surface area contributed by atoms with Crippen molar-refractivity contribution in [2.75, 3.05) is 13.1 Å². The van der Waals surface area contributed by atoms with E-state index >= 15 is 0 Å². The van der Waals surface area contributed by atoms with Gasteiger partial charge >= 0.3 is 0 Å². The van der Waals surface area contributed by atoms with E-state index in [0.717, 1.165) is 36.1 Å². The maximum Gasteiger partial charge on any atom is 0.179 e. The molecule has 1 aromatic heterocycles. The van der Waals surface area contributed by atoms with Gasteiger partial charge in [0.15, 0.2) is 6.19 Å². The minimum absolute atomic E-state index is 0.399. The van der Waals surface area contributed by atoms with Crippen molar-refractivity contribution >= 4 is 11.9 Å². The molecule has 0 aliphatic carbocycles. The molecule has 0 unspecified atom stereocenters. The lowest BCUT2D eigenvalue weighted by atomic mass is 10.1. The number of carbonyl (C=O) groups excluding carboxylic acids is 1. The summed E-state index contributed by atoms with van der Waals surface area (Å²) in [5.41, 5.74) is 2.88. The number of rotatable bonds is 3. The first-order chi connectivity index (χ1) is 8.33. The van der Waals surface area contributed by atoms with Gasteiger partial charge in [-0.1, -0.05) is 12.1 Å². The Morgan fingerprint density at radius 1 is 1.53 bits per heavy atom. The summed E-state index contributed by atoms with van der Waals surface area (Å²) in [5, 5.41) is 8.86. The third-order valence-electron chi connectivity index (χ3n) is 2.77. The number of nitriles is 1. The van der Waals surface area contributed by atoms with E-state index in [2.05, 4.69) is 17.3 Å². The van der Waals surface area contributed by atoms with Crippen molar-refractivity contribution in [3.05, 3.63) is 35.7 Å². The molecule has 17 heavy (non-hydrogen) atoms. The van der Waals surface area contributed by atoms with Crippen LogP contribution >= 0.6 is 0 Å². The molecule has 0 atom stereocenters. The van der Waals surface area contributed by atoms with E-state index < -0.39 is 0 Å². The molecule has 0 amide bonds. The molecule has 4 heteroatoms. The van der Waals surface area contributed by atoms with Crippen molar-refractivity contribution in [1.82, 2.24) is 9.88 Å². The van der Waals surface area contributed by atoms with Gasteiger partial charge in [-0.25, -0.2) is 0 Å². The second-order valence-electron chi connectivity index (χ2n) is 3.96. The normalized spacial score (nSPS) is 15.0. The summed E-state index contributed by atoms with van der Waals surface area (Å²) in [4.78, 5) is 16.4. The van der Waals surface area contributed by atoms with E-state index in [4.69, 9.17) is 5.26 Å². The minimum atomic E-state index is 0.399. The maximum absolute atomic E-state index is 10.4. The Labute approximate surface area is 100 Å². The summed E-state index contributed by atoms with van der Waals surface area (Å²) < 4.78 is 0. The van der Waals surface area contributed by atoms with Crippen molar-refractivity contribution in [2.45, 2.75) is 12.8 Å². The van der Waals surface area contributed by atoms with Gasteiger partial charge in [0.1, 0.15) is 6.29 Å². The van der Waals surface area contributed by atoms with E-state index in [1.54, 1.807) is 11.1 Å². The first-order valence-electron chi connectivity index (χ1n) is 5.56. The SMILES string of the molecule is N#CN1CCC=C(c2ccc(CC=O)cn2)C1. The lowest BCUT2D eigenvalue weighted by molar-refractivity contribution is -0.107. The van der Waals surface area contributed by atoms with Crippen LogP contribution in [0.25, 0.3) is 5.57 Å². The Balaban J connectivity index is 2.15. The quantitative estimate of drug-likeness (QED) is 0.578. The minimum Gasteiger partial charge on any atom is -0.306 e. The van der Waals surface area contributed by atoms with Crippen LogP contribution in [-0.4, -0.2) is 29.3 Å². The lowest BCUT2D eigenvalue weighted by Crippen LogP contribution is -2.24. The Hall–Kier alpha value is -2.15. The zero-order valence-electron chi connectivity index (χ0n) is 9.47. The average molecular weight is 227 g/mol. The van der Waals surface area contributed by atoms with Gasteiger partial charge < -0.3 is 9.69 Å². The van der Waals surface area contributed by atoms with Gasteiger partial charge in [0.2, 0.25) is 0 Å². The van der Waals surface area contributed by atoms with Gasteiger partial charge in [-0.3, -0.25) is 4.98 Å². The first kappa shape index (κ1) is 11.3. The highest BCUT2D eigenvalue weighted by Crippen LogP contribution is 2.18. The molecule has 0 spiro atoms. The van der Waals surface area contributed by atoms with Gasteiger partial charge in [0.05, 0.1) is 12.2 Å². The van der Waals surface area contributed by atoms with Crippen LogP contribution in [-0.2, 0) is 11.2 Å². The van der Waals surface area contributed by atoms with Gasteiger partial charge in [0.25, 0.3) is 0 Å². The van der Waals surface area contributed by atoms with E-state index in [-0.39, 0.29) is 0 Å². The zero-order chi connectivity index (χ0) is 12.1. The molecule has 1 aliphatic heterocycles. The highest BCUT2D eigenvalue weighted by molar-refractivity contribution is 5.65. The topological polar surface area (TPSA) is 57.0 Å². The summed E-state index contributed by atoms with van der Waals surface area (Å²) in [6.45, 7) is 1.40. The molecular formula is C13H13N3O. The number of pyridine rings is 1. The van der Waals surface area contributed by atoms with E-state index in [1.165, 1.54) is 0 Å². The van der Waals surface area contributed by atoms with Crippen LogP contribution in [0.3, 0.4) is 0 Å². The summed E-state index contributed by atoms with van der Waals surface area (Å²) >= 11 is 0. The average Bonchev–Trinajstić information content (AvgIpc) is 2.40. The van der Waals surface area contributed by atoms with Crippen LogP contribution in [0.1, 0.15) is 17.7 Å². The second-order valence-corrected chi connectivity index (χ2v) is 3.96. The molecule has 86 valence electrons. The smallest absolute Gasteiger partial charge is 0.179 e. The van der Waals surface area contributed by atoms with Gasteiger partial charge in [0, 0.05) is 19.2 Å². The number of carbonyl (C=O) groups is 1. The van der Waals surface area contributed by atoms with Crippen LogP contribution in [0.2, 0.25) is 0 Å². The van der Waals surface area contributed by atoms with Crippen LogP contribution < -0.4 is 0 Å². The van der Waals surface area contributed by atoms with Crippen LogP contribution in [0.5, 0.6) is 0 Å². The second kappa shape index (κ2) is 5.26. The van der Waals surface area contributed by atoms with Gasteiger partial charge in [-0.05, 0) is 23.6 Å². The molecule has 0 fully saturated rings. The number of hydrogen-bond acceptors (Lipinski definition) is 4. The number of aromatic nitrogens is 1. The molecule has 2 heterocycles. The zero-order valence-corrected chi connectivity index (χ0v) is 9.47. The summed E-state index contributed by atoms with van der Waals surface area (Å²) in [5.74, 6) is 0. The Morgan fingerprint density at radius 2 is 2.41 bits per heavy atom. The molecule has 1 aliphatic rings. The predicted molar refractivity (Wildman–Crippen MR) is 63.8 cm³/mol. The molecular weight excluding hydrogens is 214 g/mol. The maximum atomic E-state index is 10.4. The molecule has 0 saturated heterocycles. The standard InChI is InChI=1S/C13H13N3O/c14-10-16-6-1-2-12(9-16)13-4-3-11(5-7-17)8-15-13/h2-4,7-8H,1,5-6,9H2. The van der Waals surface area contributed by atoms with E-state index in [0.29, 0.717) is 13.0 Å². The summed E-state index contributed by atoms with van der Waals surface area (Å²) in [6, 6.07) is 3.81. The molecule has 0 radical (unpaired) electrons. The Bertz CT molecular complexity index is 470. The summed E-state index contributed by atoms with van der Waals surface area (Å²) in [6.07, 6.45) is 8.14.